The molecule has 0 unspecified atom stereocenters. The van der Waals surface area contributed by atoms with Crippen LogP contribution in [0.15, 0.2) is 58.8 Å². The van der Waals surface area contributed by atoms with Gasteiger partial charge in [-0.2, -0.15) is 10.5 Å². The van der Waals surface area contributed by atoms with Gasteiger partial charge in [0.2, 0.25) is 0 Å². The van der Waals surface area contributed by atoms with E-state index in [1.807, 2.05) is 12.1 Å². The zero-order chi connectivity index (χ0) is 18.1. The Bertz CT molecular complexity index is 815. The molecule has 4 N–H and O–H groups in total. The molecule has 124 valence electrons. The predicted octanol–water partition coefficient (Wildman–Crippen LogP) is 2.80. The van der Waals surface area contributed by atoms with Crippen LogP contribution in [-0.2, 0) is 4.94 Å². The average molecular weight is 332 g/mol. The fourth-order valence-electron chi connectivity index (χ4n) is 2.08. The van der Waals surface area contributed by atoms with Crippen molar-refractivity contribution in [3.8, 4) is 12.1 Å². The van der Waals surface area contributed by atoms with Gasteiger partial charge in [0.1, 0.15) is 11.4 Å². The summed E-state index contributed by atoms with van der Waals surface area (Å²) in [5.41, 5.74) is 14.7. The zero-order valence-electron chi connectivity index (χ0n) is 13.4. The smallest absolute Gasteiger partial charge is 0.104 e. The molecule has 0 aliphatic rings. The van der Waals surface area contributed by atoms with Crippen molar-refractivity contribution < 1.29 is 4.94 Å². The number of anilines is 2. The molecule has 0 aliphatic carbocycles. The SMILES string of the molecule is N#CCC(=NON=C(CC#N)c1cccc(N)c1)c1cccc(N)c1. The molecule has 0 radical (unpaired) electrons. The second-order valence-corrected chi connectivity index (χ2v) is 5.08. The molecule has 0 spiro atoms. The summed E-state index contributed by atoms with van der Waals surface area (Å²) in [6.45, 7) is 0. The largest absolute Gasteiger partial charge is 0.399 e. The van der Waals surface area contributed by atoms with Crippen molar-refractivity contribution in [2.45, 2.75) is 12.8 Å². The summed E-state index contributed by atoms with van der Waals surface area (Å²) in [5.74, 6) is 0. The van der Waals surface area contributed by atoms with E-state index >= 15 is 0 Å². The highest BCUT2D eigenvalue weighted by molar-refractivity contribution is 6.03. The fraction of sp³-hybridized carbons (Fsp3) is 0.111. The Morgan fingerprint density at radius 1 is 0.840 bits per heavy atom. The van der Waals surface area contributed by atoms with Crippen LogP contribution in [-0.4, -0.2) is 11.4 Å². The summed E-state index contributed by atoms with van der Waals surface area (Å²) in [4.78, 5) is 5.04. The maximum Gasteiger partial charge on any atom is 0.104 e. The molecule has 2 rings (SSSR count). The molecule has 0 amide bonds. The molecule has 0 atom stereocenters. The van der Waals surface area contributed by atoms with Crippen molar-refractivity contribution >= 4 is 22.8 Å². The Morgan fingerprint density at radius 3 is 1.64 bits per heavy atom. The predicted molar refractivity (Wildman–Crippen MR) is 96.3 cm³/mol. The van der Waals surface area contributed by atoms with Crippen LogP contribution in [0.1, 0.15) is 24.0 Å². The minimum Gasteiger partial charge on any atom is -0.399 e. The van der Waals surface area contributed by atoms with Gasteiger partial charge in [-0.05, 0) is 24.3 Å². The second kappa shape index (κ2) is 8.70. The van der Waals surface area contributed by atoms with Crippen molar-refractivity contribution in [1.29, 1.82) is 10.5 Å². The first-order valence-corrected chi connectivity index (χ1v) is 7.39. The van der Waals surface area contributed by atoms with Crippen molar-refractivity contribution in [3.63, 3.8) is 0 Å². The number of benzene rings is 2. The van der Waals surface area contributed by atoms with Gasteiger partial charge in [0.05, 0.1) is 25.0 Å². The van der Waals surface area contributed by atoms with E-state index < -0.39 is 0 Å². The zero-order valence-corrected chi connectivity index (χ0v) is 13.4. The summed E-state index contributed by atoms with van der Waals surface area (Å²) in [5, 5.41) is 25.7. The topological polar surface area (TPSA) is 134 Å². The molecular weight excluding hydrogens is 316 g/mol. The fourth-order valence-corrected chi connectivity index (χ4v) is 2.08. The van der Waals surface area contributed by atoms with E-state index in [1.165, 1.54) is 0 Å². The lowest BCUT2D eigenvalue weighted by atomic mass is 10.1. The Kier molecular flexibility index (Phi) is 6.10. The third-order valence-corrected chi connectivity index (χ3v) is 3.23. The number of rotatable bonds is 6. The molecule has 25 heavy (non-hydrogen) atoms. The lowest BCUT2D eigenvalue weighted by Gasteiger charge is -2.04. The summed E-state index contributed by atoms with van der Waals surface area (Å²) in [6.07, 6.45) is 0.0652. The van der Waals surface area contributed by atoms with E-state index in [4.69, 9.17) is 26.9 Å². The first kappa shape index (κ1) is 17.5. The van der Waals surface area contributed by atoms with Crippen LogP contribution in [0.25, 0.3) is 0 Å². The Labute approximate surface area is 145 Å². The van der Waals surface area contributed by atoms with Crippen molar-refractivity contribution in [3.05, 3.63) is 59.7 Å². The van der Waals surface area contributed by atoms with Crippen LogP contribution in [0.2, 0.25) is 0 Å². The number of nitrogen functional groups attached to an aromatic ring is 2. The van der Waals surface area contributed by atoms with E-state index in [0.717, 1.165) is 0 Å². The summed E-state index contributed by atoms with van der Waals surface area (Å²) in [7, 11) is 0. The molecule has 7 nitrogen and oxygen atoms in total. The number of nitriles is 2. The van der Waals surface area contributed by atoms with Crippen LogP contribution in [0.5, 0.6) is 0 Å². The molecule has 0 saturated carbocycles. The third kappa shape index (κ3) is 5.08. The summed E-state index contributed by atoms with van der Waals surface area (Å²) in [6, 6.07) is 17.9. The van der Waals surface area contributed by atoms with Gasteiger partial charge in [-0.15, -0.1) is 0 Å². The molecule has 2 aromatic rings. The van der Waals surface area contributed by atoms with Crippen molar-refractivity contribution in [2.24, 2.45) is 10.3 Å². The van der Waals surface area contributed by atoms with Gasteiger partial charge in [0.25, 0.3) is 0 Å². The molecule has 0 aliphatic heterocycles. The highest BCUT2D eigenvalue weighted by Crippen LogP contribution is 2.12. The van der Waals surface area contributed by atoms with Crippen LogP contribution in [0, 0.1) is 22.7 Å². The third-order valence-electron chi connectivity index (χ3n) is 3.23. The van der Waals surface area contributed by atoms with Gasteiger partial charge in [-0.25, -0.2) is 4.94 Å². The van der Waals surface area contributed by atoms with Crippen LogP contribution in [0.4, 0.5) is 11.4 Å². The number of oxime groups is 2. The molecule has 0 bridgehead atoms. The molecule has 7 heteroatoms. The van der Waals surface area contributed by atoms with E-state index in [1.54, 1.807) is 48.5 Å². The first-order chi connectivity index (χ1) is 12.1. The summed E-state index contributed by atoms with van der Waals surface area (Å²) < 4.78 is 0. The number of nitrogens with two attached hydrogens (primary N) is 2. The first-order valence-electron chi connectivity index (χ1n) is 7.39. The minimum atomic E-state index is 0.0326. The van der Waals surface area contributed by atoms with Gasteiger partial charge in [0, 0.05) is 22.5 Å². The normalized spacial score (nSPS) is 11.4. The number of hydrogen-bond acceptors (Lipinski definition) is 7. The molecule has 0 saturated heterocycles. The maximum absolute atomic E-state index is 8.96. The second-order valence-electron chi connectivity index (χ2n) is 5.08. The lowest BCUT2D eigenvalue weighted by Crippen LogP contribution is -2.04. The molecular formula is C18H16N6O. The van der Waals surface area contributed by atoms with E-state index in [9.17, 15) is 0 Å². The van der Waals surface area contributed by atoms with Gasteiger partial charge < -0.3 is 11.5 Å². The molecule has 0 heterocycles. The van der Waals surface area contributed by atoms with Crippen molar-refractivity contribution in [2.75, 3.05) is 11.5 Å². The van der Waals surface area contributed by atoms with E-state index in [-0.39, 0.29) is 12.8 Å². The highest BCUT2D eigenvalue weighted by atomic mass is 16.8. The number of hydrogen-bond donors (Lipinski definition) is 2. The monoisotopic (exact) mass is 332 g/mol. The number of nitrogens with zero attached hydrogens (tertiary/aromatic N) is 4. The Balaban J connectivity index is 2.27. The minimum absolute atomic E-state index is 0.0326. The van der Waals surface area contributed by atoms with Crippen LogP contribution in [0.3, 0.4) is 0 Å². The van der Waals surface area contributed by atoms with Gasteiger partial charge in [0.15, 0.2) is 0 Å². The standard InChI is InChI=1S/C18H16N6O/c19-9-7-17(13-3-1-5-15(21)11-13)23-25-24-18(8-10-20)14-4-2-6-16(22)12-14/h1-6,11-12H,7-8,21-22H2. The van der Waals surface area contributed by atoms with Gasteiger partial charge >= 0.3 is 0 Å². The van der Waals surface area contributed by atoms with Gasteiger partial charge in [-0.3, -0.25) is 0 Å². The van der Waals surface area contributed by atoms with Crippen LogP contribution < -0.4 is 11.5 Å². The van der Waals surface area contributed by atoms with E-state index in [2.05, 4.69) is 10.3 Å². The summed E-state index contributed by atoms with van der Waals surface area (Å²) >= 11 is 0. The lowest BCUT2D eigenvalue weighted by molar-refractivity contribution is 0.155. The quantitative estimate of drug-likeness (QED) is 0.476. The van der Waals surface area contributed by atoms with Crippen LogP contribution >= 0.6 is 0 Å². The Morgan fingerprint density at radius 2 is 1.28 bits per heavy atom. The molecule has 0 aromatic heterocycles. The molecule has 2 aromatic carbocycles. The van der Waals surface area contributed by atoms with Gasteiger partial charge in [-0.1, -0.05) is 34.6 Å². The van der Waals surface area contributed by atoms with Crippen molar-refractivity contribution in [1.82, 2.24) is 0 Å². The molecule has 0 fully saturated rings. The average Bonchev–Trinajstić information content (AvgIpc) is 2.60. The Hall–Kier alpha value is -3.84. The maximum atomic E-state index is 8.96. The van der Waals surface area contributed by atoms with E-state index in [0.29, 0.717) is 33.9 Å². The highest BCUT2D eigenvalue weighted by Gasteiger charge is 2.07.